The Morgan fingerprint density at radius 2 is 1.59 bits per heavy atom. The molecule has 0 fully saturated rings. The molecular weight excluding hydrogens is 428 g/mol. The Balaban J connectivity index is 1.75. The Bertz CT molecular complexity index is 1260. The van der Waals surface area contributed by atoms with Crippen LogP contribution in [0.1, 0.15) is 22.3 Å². The summed E-state index contributed by atoms with van der Waals surface area (Å²) in [5.74, 6) is 0.470. The zero-order chi connectivity index (χ0) is 24.2. The summed E-state index contributed by atoms with van der Waals surface area (Å²) < 4.78 is 10.8. The van der Waals surface area contributed by atoms with Gasteiger partial charge >= 0.3 is 0 Å². The van der Waals surface area contributed by atoms with Crippen molar-refractivity contribution in [2.24, 2.45) is 0 Å². The smallest absolute Gasteiger partial charge is 0.278 e. The van der Waals surface area contributed by atoms with E-state index >= 15 is 0 Å². The molecule has 0 saturated heterocycles. The van der Waals surface area contributed by atoms with E-state index in [1.807, 2.05) is 62.4 Å². The molecule has 0 bridgehead atoms. The molecular formula is C28H28N2O4. The number of imide groups is 1. The molecule has 174 valence electrons. The molecule has 6 heteroatoms. The summed E-state index contributed by atoms with van der Waals surface area (Å²) in [5.41, 5.74) is 5.06. The van der Waals surface area contributed by atoms with Crippen molar-refractivity contribution >= 4 is 23.1 Å². The number of nitrogens with one attached hydrogen (secondary N) is 1. The van der Waals surface area contributed by atoms with E-state index in [-0.39, 0.29) is 24.1 Å². The maximum atomic E-state index is 13.6. The van der Waals surface area contributed by atoms with Gasteiger partial charge in [0.1, 0.15) is 17.2 Å². The van der Waals surface area contributed by atoms with Crippen molar-refractivity contribution in [1.82, 2.24) is 4.90 Å². The van der Waals surface area contributed by atoms with Gasteiger partial charge in [-0.25, -0.2) is 0 Å². The number of hydrogen-bond donors (Lipinski definition) is 1. The fraction of sp³-hybridized carbons (Fsp3) is 0.214. The molecule has 4 rings (SSSR count). The predicted octanol–water partition coefficient (Wildman–Crippen LogP) is 4.76. The lowest BCUT2D eigenvalue weighted by atomic mass is 9.99. The molecule has 0 aliphatic carbocycles. The first-order chi connectivity index (χ1) is 16.4. The highest BCUT2D eigenvalue weighted by atomic mass is 16.5. The topological polar surface area (TPSA) is 67.9 Å². The SMILES string of the molecule is COc1ccc(OC)c(NC2=C(c3ccc(C)c(C)c3)C(=O)N(CCc3ccccc3)C2=O)c1. The first kappa shape index (κ1) is 23.1. The molecule has 3 aromatic carbocycles. The van der Waals surface area contributed by atoms with E-state index in [2.05, 4.69) is 5.32 Å². The number of amides is 2. The van der Waals surface area contributed by atoms with Crippen LogP contribution in [0.2, 0.25) is 0 Å². The number of carbonyl (C=O) groups is 2. The quantitative estimate of drug-likeness (QED) is 0.495. The molecule has 3 aromatic rings. The zero-order valence-electron chi connectivity index (χ0n) is 19.8. The third kappa shape index (κ3) is 4.53. The van der Waals surface area contributed by atoms with Gasteiger partial charge in [-0.1, -0.05) is 48.5 Å². The largest absolute Gasteiger partial charge is 0.497 e. The van der Waals surface area contributed by atoms with Crippen LogP contribution in [0.5, 0.6) is 11.5 Å². The third-order valence-electron chi connectivity index (χ3n) is 6.10. The van der Waals surface area contributed by atoms with Gasteiger partial charge in [0, 0.05) is 12.6 Å². The number of ether oxygens (including phenoxy) is 2. The van der Waals surface area contributed by atoms with Crippen LogP contribution in [-0.4, -0.2) is 37.5 Å². The molecule has 0 aromatic heterocycles. The van der Waals surface area contributed by atoms with Crippen LogP contribution in [-0.2, 0) is 16.0 Å². The van der Waals surface area contributed by atoms with Gasteiger partial charge in [-0.2, -0.15) is 0 Å². The molecule has 0 unspecified atom stereocenters. The summed E-state index contributed by atoms with van der Waals surface area (Å²) in [4.78, 5) is 28.4. The van der Waals surface area contributed by atoms with Crippen LogP contribution in [0, 0.1) is 13.8 Å². The number of aryl methyl sites for hydroxylation is 2. The van der Waals surface area contributed by atoms with Gasteiger partial charge in [0.25, 0.3) is 11.8 Å². The van der Waals surface area contributed by atoms with Crippen LogP contribution in [0.25, 0.3) is 5.57 Å². The molecule has 0 saturated carbocycles. The van der Waals surface area contributed by atoms with Crippen molar-refractivity contribution in [2.75, 3.05) is 26.1 Å². The van der Waals surface area contributed by atoms with E-state index in [4.69, 9.17) is 9.47 Å². The van der Waals surface area contributed by atoms with E-state index in [9.17, 15) is 9.59 Å². The Morgan fingerprint density at radius 3 is 2.26 bits per heavy atom. The lowest BCUT2D eigenvalue weighted by Crippen LogP contribution is -2.34. The summed E-state index contributed by atoms with van der Waals surface area (Å²) in [6.45, 7) is 4.30. The van der Waals surface area contributed by atoms with E-state index in [0.29, 0.717) is 34.7 Å². The van der Waals surface area contributed by atoms with Crippen LogP contribution in [0.15, 0.2) is 72.4 Å². The standard InChI is InChI=1S/C28H28N2O4/c1-18-10-11-21(16-19(18)2)25-26(29-23-17-22(33-3)12-13-24(23)34-4)28(32)30(27(25)31)15-14-20-8-6-5-7-9-20/h5-13,16-17,29H,14-15H2,1-4H3. The number of nitrogens with zero attached hydrogens (tertiary/aromatic N) is 1. The lowest BCUT2D eigenvalue weighted by Gasteiger charge is -2.16. The van der Waals surface area contributed by atoms with E-state index in [0.717, 1.165) is 16.7 Å². The first-order valence-corrected chi connectivity index (χ1v) is 11.1. The third-order valence-corrected chi connectivity index (χ3v) is 6.10. The molecule has 2 amide bonds. The highest BCUT2D eigenvalue weighted by Gasteiger charge is 2.39. The van der Waals surface area contributed by atoms with Crippen molar-refractivity contribution in [2.45, 2.75) is 20.3 Å². The lowest BCUT2D eigenvalue weighted by molar-refractivity contribution is -0.136. The molecule has 1 heterocycles. The minimum Gasteiger partial charge on any atom is -0.497 e. The van der Waals surface area contributed by atoms with E-state index < -0.39 is 0 Å². The van der Waals surface area contributed by atoms with Gasteiger partial charge in [-0.3, -0.25) is 14.5 Å². The van der Waals surface area contributed by atoms with Crippen LogP contribution < -0.4 is 14.8 Å². The molecule has 0 atom stereocenters. The second-order valence-electron chi connectivity index (χ2n) is 8.24. The zero-order valence-corrected chi connectivity index (χ0v) is 19.8. The minimum atomic E-state index is -0.362. The monoisotopic (exact) mass is 456 g/mol. The van der Waals surface area contributed by atoms with Gasteiger partial charge in [-0.15, -0.1) is 0 Å². The Labute approximate surface area is 199 Å². The minimum absolute atomic E-state index is 0.230. The molecule has 1 N–H and O–H groups in total. The maximum absolute atomic E-state index is 13.6. The van der Waals surface area contributed by atoms with Crippen molar-refractivity contribution in [3.63, 3.8) is 0 Å². The number of hydrogen-bond acceptors (Lipinski definition) is 5. The predicted molar refractivity (Wildman–Crippen MR) is 133 cm³/mol. The first-order valence-electron chi connectivity index (χ1n) is 11.1. The summed E-state index contributed by atoms with van der Waals surface area (Å²) in [6, 6.07) is 20.9. The number of rotatable bonds is 8. The van der Waals surface area contributed by atoms with Gasteiger partial charge in [0.2, 0.25) is 0 Å². The second kappa shape index (κ2) is 9.83. The summed E-state index contributed by atoms with van der Waals surface area (Å²) in [5, 5.41) is 3.19. The normalized spacial score (nSPS) is 13.5. The van der Waals surface area contributed by atoms with Gasteiger partial charge < -0.3 is 14.8 Å². The average Bonchev–Trinajstić information content (AvgIpc) is 3.08. The number of carbonyl (C=O) groups excluding carboxylic acids is 2. The average molecular weight is 457 g/mol. The number of benzene rings is 3. The molecule has 34 heavy (non-hydrogen) atoms. The molecule has 0 spiro atoms. The number of anilines is 1. The van der Waals surface area contributed by atoms with E-state index in [1.54, 1.807) is 32.4 Å². The molecule has 1 aliphatic rings. The van der Waals surface area contributed by atoms with Crippen LogP contribution in [0.3, 0.4) is 0 Å². The highest BCUT2D eigenvalue weighted by Crippen LogP contribution is 2.35. The molecule has 1 aliphatic heterocycles. The van der Waals surface area contributed by atoms with Crippen molar-refractivity contribution < 1.29 is 19.1 Å². The summed E-state index contributed by atoms with van der Waals surface area (Å²) >= 11 is 0. The summed E-state index contributed by atoms with van der Waals surface area (Å²) in [6.07, 6.45) is 0.578. The van der Waals surface area contributed by atoms with Crippen LogP contribution >= 0.6 is 0 Å². The van der Waals surface area contributed by atoms with Gasteiger partial charge in [0.15, 0.2) is 0 Å². The highest BCUT2D eigenvalue weighted by molar-refractivity contribution is 6.36. The Morgan fingerprint density at radius 1 is 0.824 bits per heavy atom. The second-order valence-corrected chi connectivity index (χ2v) is 8.24. The van der Waals surface area contributed by atoms with Crippen molar-refractivity contribution in [1.29, 1.82) is 0 Å². The fourth-order valence-corrected chi connectivity index (χ4v) is 3.99. The Kier molecular flexibility index (Phi) is 6.68. The fourth-order valence-electron chi connectivity index (χ4n) is 3.99. The van der Waals surface area contributed by atoms with Crippen molar-refractivity contribution in [3.05, 3.63) is 94.7 Å². The van der Waals surface area contributed by atoms with Gasteiger partial charge in [-0.05, 0) is 54.7 Å². The van der Waals surface area contributed by atoms with Gasteiger partial charge in [0.05, 0.1) is 25.5 Å². The number of methoxy groups -OCH3 is 2. The van der Waals surface area contributed by atoms with Crippen LogP contribution in [0.4, 0.5) is 5.69 Å². The molecule has 0 radical (unpaired) electrons. The Hall–Kier alpha value is -4.06. The summed E-state index contributed by atoms with van der Waals surface area (Å²) in [7, 11) is 3.13. The molecule has 6 nitrogen and oxygen atoms in total. The van der Waals surface area contributed by atoms with Crippen molar-refractivity contribution in [3.8, 4) is 11.5 Å². The van der Waals surface area contributed by atoms with E-state index in [1.165, 1.54) is 4.90 Å². The maximum Gasteiger partial charge on any atom is 0.278 e.